The molecule has 0 radical (unpaired) electrons. The summed E-state index contributed by atoms with van der Waals surface area (Å²) in [6.45, 7) is 1.84. The third-order valence-electron chi connectivity index (χ3n) is 1.58. The Labute approximate surface area is 77.9 Å². The second-order valence-electron chi connectivity index (χ2n) is 2.72. The van der Waals surface area contributed by atoms with Gasteiger partial charge in [0.2, 0.25) is 0 Å². The van der Waals surface area contributed by atoms with Gasteiger partial charge in [0.25, 0.3) is 0 Å². The zero-order chi connectivity index (χ0) is 10.3. The van der Waals surface area contributed by atoms with Gasteiger partial charge in [-0.05, 0) is 6.42 Å². The molecule has 0 aromatic heterocycles. The molecule has 3 unspecified atom stereocenters. The highest BCUT2D eigenvalue weighted by atomic mass is 16.7. The Balaban J connectivity index is 3.90. The van der Waals surface area contributed by atoms with Gasteiger partial charge >= 0.3 is 0 Å². The summed E-state index contributed by atoms with van der Waals surface area (Å²) >= 11 is 0. The van der Waals surface area contributed by atoms with Gasteiger partial charge in [-0.25, -0.2) is 0 Å². The predicted molar refractivity (Wildman–Crippen MR) is 46.1 cm³/mol. The van der Waals surface area contributed by atoms with Gasteiger partial charge in [0.05, 0.1) is 6.61 Å². The van der Waals surface area contributed by atoms with Crippen molar-refractivity contribution in [2.24, 2.45) is 0 Å². The molecule has 5 heteroatoms. The predicted octanol–water partition coefficient (Wildman–Crippen LogP) is -0.900. The van der Waals surface area contributed by atoms with E-state index in [0.717, 1.165) is 6.42 Å². The van der Waals surface area contributed by atoms with Crippen LogP contribution in [0.1, 0.15) is 13.3 Å². The number of rotatable bonds is 7. The smallest absolute Gasteiger partial charge is 0.185 e. The first-order valence-electron chi connectivity index (χ1n) is 4.28. The molecule has 0 spiro atoms. The maximum atomic E-state index is 9.34. The van der Waals surface area contributed by atoms with Gasteiger partial charge in [-0.2, -0.15) is 0 Å². The molecule has 0 bridgehead atoms. The van der Waals surface area contributed by atoms with E-state index in [0.29, 0.717) is 6.61 Å². The van der Waals surface area contributed by atoms with E-state index >= 15 is 0 Å². The van der Waals surface area contributed by atoms with Crippen molar-refractivity contribution in [3.8, 4) is 0 Å². The standard InChI is InChI=1S/C8H18O5/c1-3-4-13-8(12-2)7(11)6(10)5-9/h6-11H,3-5H2,1-2H3. The van der Waals surface area contributed by atoms with Crippen molar-refractivity contribution < 1.29 is 24.8 Å². The molecule has 0 aliphatic rings. The normalized spacial score (nSPS) is 18.2. The first kappa shape index (κ1) is 12.8. The molecule has 80 valence electrons. The van der Waals surface area contributed by atoms with Gasteiger partial charge in [-0.3, -0.25) is 0 Å². The van der Waals surface area contributed by atoms with E-state index in [1.165, 1.54) is 7.11 Å². The van der Waals surface area contributed by atoms with Crippen LogP contribution in [0, 0.1) is 0 Å². The lowest BCUT2D eigenvalue weighted by Gasteiger charge is -2.24. The summed E-state index contributed by atoms with van der Waals surface area (Å²) in [7, 11) is 1.37. The van der Waals surface area contributed by atoms with E-state index < -0.39 is 25.1 Å². The topological polar surface area (TPSA) is 79.2 Å². The number of hydrogen-bond donors (Lipinski definition) is 3. The van der Waals surface area contributed by atoms with Crippen LogP contribution in [0.25, 0.3) is 0 Å². The van der Waals surface area contributed by atoms with Crippen LogP contribution in [0.4, 0.5) is 0 Å². The van der Waals surface area contributed by atoms with Gasteiger partial charge in [0.1, 0.15) is 12.2 Å². The second-order valence-corrected chi connectivity index (χ2v) is 2.72. The van der Waals surface area contributed by atoms with Crippen molar-refractivity contribution in [2.45, 2.75) is 31.8 Å². The average Bonchev–Trinajstić information content (AvgIpc) is 2.17. The Kier molecular flexibility index (Phi) is 7.12. The first-order chi connectivity index (χ1) is 6.17. The summed E-state index contributed by atoms with van der Waals surface area (Å²) < 4.78 is 9.88. The largest absolute Gasteiger partial charge is 0.394 e. The first-order valence-corrected chi connectivity index (χ1v) is 4.28. The summed E-state index contributed by atoms with van der Waals surface area (Å²) in [5.74, 6) is 0. The second kappa shape index (κ2) is 7.23. The highest BCUT2D eigenvalue weighted by Gasteiger charge is 2.26. The van der Waals surface area contributed by atoms with E-state index in [9.17, 15) is 5.11 Å². The number of hydrogen-bond acceptors (Lipinski definition) is 5. The zero-order valence-corrected chi connectivity index (χ0v) is 8.01. The van der Waals surface area contributed by atoms with Gasteiger partial charge in [-0.15, -0.1) is 0 Å². The lowest BCUT2D eigenvalue weighted by atomic mass is 10.2. The third kappa shape index (κ3) is 4.54. The molecule has 13 heavy (non-hydrogen) atoms. The summed E-state index contributed by atoms with van der Waals surface area (Å²) in [6, 6.07) is 0. The van der Waals surface area contributed by atoms with Gasteiger partial charge < -0.3 is 24.8 Å². The van der Waals surface area contributed by atoms with Crippen LogP contribution < -0.4 is 0 Å². The molecule has 0 amide bonds. The van der Waals surface area contributed by atoms with Crippen LogP contribution in [0.3, 0.4) is 0 Å². The molecule has 3 N–H and O–H groups in total. The molecule has 0 saturated carbocycles. The lowest BCUT2D eigenvalue weighted by Crippen LogP contribution is -2.42. The summed E-state index contributed by atoms with van der Waals surface area (Å²) in [5, 5.41) is 27.0. The molecule has 0 aromatic carbocycles. The number of aliphatic hydroxyl groups excluding tert-OH is 3. The van der Waals surface area contributed by atoms with E-state index in [1.807, 2.05) is 6.92 Å². The van der Waals surface area contributed by atoms with Crippen LogP contribution in [0.15, 0.2) is 0 Å². The molecule has 0 saturated heterocycles. The Morgan fingerprint density at radius 3 is 2.31 bits per heavy atom. The fourth-order valence-corrected chi connectivity index (χ4v) is 0.829. The highest BCUT2D eigenvalue weighted by Crippen LogP contribution is 2.05. The van der Waals surface area contributed by atoms with Crippen molar-refractivity contribution in [1.29, 1.82) is 0 Å². The van der Waals surface area contributed by atoms with E-state index in [2.05, 4.69) is 0 Å². The van der Waals surface area contributed by atoms with Crippen LogP contribution in [0.5, 0.6) is 0 Å². The van der Waals surface area contributed by atoms with Crippen LogP contribution in [-0.4, -0.2) is 54.1 Å². The number of aliphatic hydroxyl groups is 3. The van der Waals surface area contributed by atoms with Crippen molar-refractivity contribution in [2.75, 3.05) is 20.3 Å². The molecule has 0 fully saturated rings. The minimum Gasteiger partial charge on any atom is -0.394 e. The summed E-state index contributed by atoms with van der Waals surface area (Å²) in [4.78, 5) is 0. The molecule has 0 aromatic rings. The Bertz CT molecular complexity index is 119. The summed E-state index contributed by atoms with van der Waals surface area (Å²) in [5.41, 5.74) is 0. The van der Waals surface area contributed by atoms with Crippen molar-refractivity contribution in [3.05, 3.63) is 0 Å². The molecular formula is C8H18O5. The Morgan fingerprint density at radius 1 is 1.31 bits per heavy atom. The maximum Gasteiger partial charge on any atom is 0.185 e. The fourth-order valence-electron chi connectivity index (χ4n) is 0.829. The fraction of sp³-hybridized carbons (Fsp3) is 1.00. The zero-order valence-electron chi connectivity index (χ0n) is 8.01. The van der Waals surface area contributed by atoms with Crippen LogP contribution in [-0.2, 0) is 9.47 Å². The molecule has 0 aliphatic heterocycles. The number of methoxy groups -OCH3 is 1. The van der Waals surface area contributed by atoms with Gasteiger partial charge in [0.15, 0.2) is 6.29 Å². The molecule has 0 aliphatic carbocycles. The van der Waals surface area contributed by atoms with Crippen LogP contribution in [0.2, 0.25) is 0 Å². The quantitative estimate of drug-likeness (QED) is 0.458. The van der Waals surface area contributed by atoms with Crippen molar-refractivity contribution >= 4 is 0 Å². The van der Waals surface area contributed by atoms with E-state index in [1.54, 1.807) is 0 Å². The molecule has 5 nitrogen and oxygen atoms in total. The Morgan fingerprint density at radius 2 is 1.92 bits per heavy atom. The van der Waals surface area contributed by atoms with Gasteiger partial charge in [0, 0.05) is 13.7 Å². The van der Waals surface area contributed by atoms with E-state index in [-0.39, 0.29) is 0 Å². The molecule has 3 atom stereocenters. The number of ether oxygens (including phenoxy) is 2. The molecule has 0 rings (SSSR count). The van der Waals surface area contributed by atoms with Crippen molar-refractivity contribution in [1.82, 2.24) is 0 Å². The average molecular weight is 194 g/mol. The summed E-state index contributed by atoms with van der Waals surface area (Å²) in [6.07, 6.45) is -2.55. The third-order valence-corrected chi connectivity index (χ3v) is 1.58. The molecular weight excluding hydrogens is 176 g/mol. The Hall–Kier alpha value is -0.200. The van der Waals surface area contributed by atoms with Crippen molar-refractivity contribution in [3.63, 3.8) is 0 Å². The minimum atomic E-state index is -1.23. The van der Waals surface area contributed by atoms with Crippen LogP contribution >= 0.6 is 0 Å². The molecule has 0 heterocycles. The SMILES string of the molecule is CCCOC(OC)C(O)C(O)CO. The minimum absolute atomic E-state index is 0.438. The maximum absolute atomic E-state index is 9.34. The van der Waals surface area contributed by atoms with Gasteiger partial charge in [-0.1, -0.05) is 6.92 Å². The highest BCUT2D eigenvalue weighted by molar-refractivity contribution is 4.69. The lowest BCUT2D eigenvalue weighted by molar-refractivity contribution is -0.206. The monoisotopic (exact) mass is 194 g/mol. The van der Waals surface area contributed by atoms with E-state index in [4.69, 9.17) is 19.7 Å².